The maximum atomic E-state index is 5.50. The van der Waals surface area contributed by atoms with E-state index in [0.29, 0.717) is 12.6 Å². The van der Waals surface area contributed by atoms with E-state index in [1.807, 2.05) is 7.05 Å². The summed E-state index contributed by atoms with van der Waals surface area (Å²) in [5, 5.41) is 3.14. The van der Waals surface area contributed by atoms with Crippen LogP contribution in [0.5, 0.6) is 0 Å². The van der Waals surface area contributed by atoms with Crippen LogP contribution in [0.15, 0.2) is 0 Å². The zero-order valence-electron chi connectivity index (χ0n) is 9.14. The van der Waals surface area contributed by atoms with Gasteiger partial charge in [0.05, 0.1) is 19.3 Å². The Morgan fingerprint density at radius 3 is 2.54 bits per heavy atom. The van der Waals surface area contributed by atoms with Crippen molar-refractivity contribution in [2.45, 2.75) is 32.2 Å². The molecule has 0 aromatic heterocycles. The molecular formula is C10H23NO2. The van der Waals surface area contributed by atoms with Crippen LogP contribution in [-0.2, 0) is 9.47 Å². The number of hydrogen-bond donors (Lipinski definition) is 1. The molecule has 0 aliphatic heterocycles. The van der Waals surface area contributed by atoms with Gasteiger partial charge in [-0.2, -0.15) is 0 Å². The standard InChI is InChI=1S/C10H23NO2/c1-4-5-6-7-13-9-10(11-2)8-12-3/h10-11H,4-9H2,1-3H3. The van der Waals surface area contributed by atoms with E-state index in [0.717, 1.165) is 13.2 Å². The van der Waals surface area contributed by atoms with Crippen molar-refractivity contribution >= 4 is 0 Å². The van der Waals surface area contributed by atoms with Gasteiger partial charge in [-0.25, -0.2) is 0 Å². The topological polar surface area (TPSA) is 30.5 Å². The molecular weight excluding hydrogens is 166 g/mol. The molecule has 1 atom stereocenters. The summed E-state index contributed by atoms with van der Waals surface area (Å²) in [6.07, 6.45) is 3.67. The van der Waals surface area contributed by atoms with Crippen molar-refractivity contribution in [2.75, 3.05) is 34.0 Å². The minimum atomic E-state index is 0.326. The second-order valence-electron chi connectivity index (χ2n) is 3.22. The quantitative estimate of drug-likeness (QED) is 0.557. The molecule has 0 heterocycles. The first-order chi connectivity index (χ1) is 6.35. The van der Waals surface area contributed by atoms with Gasteiger partial charge in [0, 0.05) is 13.7 Å². The smallest absolute Gasteiger partial charge is 0.0642 e. The number of ether oxygens (including phenoxy) is 2. The maximum absolute atomic E-state index is 5.50. The molecule has 0 aliphatic rings. The van der Waals surface area contributed by atoms with Crippen LogP contribution in [0.1, 0.15) is 26.2 Å². The Hall–Kier alpha value is -0.120. The van der Waals surface area contributed by atoms with Crippen molar-refractivity contribution in [3.63, 3.8) is 0 Å². The largest absolute Gasteiger partial charge is 0.383 e. The number of rotatable bonds is 9. The lowest BCUT2D eigenvalue weighted by Gasteiger charge is -2.14. The molecule has 3 heteroatoms. The monoisotopic (exact) mass is 189 g/mol. The van der Waals surface area contributed by atoms with Crippen molar-refractivity contribution in [1.29, 1.82) is 0 Å². The summed E-state index contributed by atoms with van der Waals surface area (Å²) in [4.78, 5) is 0. The lowest BCUT2D eigenvalue weighted by atomic mass is 10.3. The van der Waals surface area contributed by atoms with E-state index >= 15 is 0 Å². The van der Waals surface area contributed by atoms with Gasteiger partial charge in [-0.15, -0.1) is 0 Å². The third kappa shape index (κ3) is 8.22. The van der Waals surface area contributed by atoms with E-state index in [-0.39, 0.29) is 0 Å². The summed E-state index contributed by atoms with van der Waals surface area (Å²) >= 11 is 0. The highest BCUT2D eigenvalue weighted by molar-refractivity contribution is 4.61. The zero-order valence-corrected chi connectivity index (χ0v) is 9.14. The van der Waals surface area contributed by atoms with E-state index in [4.69, 9.17) is 9.47 Å². The van der Waals surface area contributed by atoms with E-state index < -0.39 is 0 Å². The first-order valence-corrected chi connectivity index (χ1v) is 5.09. The molecule has 13 heavy (non-hydrogen) atoms. The van der Waals surface area contributed by atoms with Crippen molar-refractivity contribution in [3.05, 3.63) is 0 Å². The van der Waals surface area contributed by atoms with Crippen molar-refractivity contribution in [2.24, 2.45) is 0 Å². The number of methoxy groups -OCH3 is 1. The normalized spacial score (nSPS) is 13.2. The molecule has 0 aromatic carbocycles. The number of likely N-dealkylation sites (N-methyl/N-ethyl adjacent to an activating group) is 1. The van der Waals surface area contributed by atoms with Gasteiger partial charge in [-0.3, -0.25) is 0 Å². The van der Waals surface area contributed by atoms with Crippen molar-refractivity contribution in [1.82, 2.24) is 5.32 Å². The number of nitrogens with one attached hydrogen (secondary N) is 1. The van der Waals surface area contributed by atoms with Gasteiger partial charge >= 0.3 is 0 Å². The Kier molecular flexibility index (Phi) is 9.87. The fourth-order valence-corrected chi connectivity index (χ4v) is 1.10. The molecule has 0 amide bonds. The van der Waals surface area contributed by atoms with Crippen LogP contribution in [0.25, 0.3) is 0 Å². The molecule has 0 saturated carbocycles. The fraction of sp³-hybridized carbons (Fsp3) is 1.00. The summed E-state index contributed by atoms with van der Waals surface area (Å²) in [7, 11) is 3.64. The molecule has 0 fully saturated rings. The molecule has 80 valence electrons. The van der Waals surface area contributed by atoms with E-state index in [2.05, 4.69) is 12.2 Å². The van der Waals surface area contributed by atoms with Crippen LogP contribution < -0.4 is 5.32 Å². The van der Waals surface area contributed by atoms with Gasteiger partial charge in [-0.1, -0.05) is 19.8 Å². The molecule has 0 rings (SSSR count). The Morgan fingerprint density at radius 2 is 2.00 bits per heavy atom. The first-order valence-electron chi connectivity index (χ1n) is 5.09. The van der Waals surface area contributed by atoms with E-state index in [9.17, 15) is 0 Å². The summed E-state index contributed by atoms with van der Waals surface area (Å²) in [5.74, 6) is 0. The van der Waals surface area contributed by atoms with E-state index in [1.54, 1.807) is 7.11 Å². The molecule has 3 nitrogen and oxygen atoms in total. The molecule has 0 radical (unpaired) electrons. The first kappa shape index (κ1) is 12.9. The van der Waals surface area contributed by atoms with Gasteiger partial charge in [-0.05, 0) is 13.5 Å². The minimum Gasteiger partial charge on any atom is -0.383 e. The predicted octanol–water partition coefficient (Wildman–Crippen LogP) is 1.43. The van der Waals surface area contributed by atoms with Crippen molar-refractivity contribution in [3.8, 4) is 0 Å². The van der Waals surface area contributed by atoms with E-state index in [1.165, 1.54) is 19.3 Å². The van der Waals surface area contributed by atoms with Crippen LogP contribution in [-0.4, -0.2) is 40.0 Å². The summed E-state index contributed by atoms with van der Waals surface area (Å²) in [6, 6.07) is 0.326. The van der Waals surface area contributed by atoms with Gasteiger partial charge in [0.2, 0.25) is 0 Å². The zero-order chi connectivity index (χ0) is 9.94. The lowest BCUT2D eigenvalue weighted by molar-refractivity contribution is 0.0750. The lowest BCUT2D eigenvalue weighted by Crippen LogP contribution is -2.34. The van der Waals surface area contributed by atoms with Crippen molar-refractivity contribution < 1.29 is 9.47 Å². The van der Waals surface area contributed by atoms with Gasteiger partial charge in [0.25, 0.3) is 0 Å². The number of unbranched alkanes of at least 4 members (excludes halogenated alkanes) is 2. The predicted molar refractivity (Wildman–Crippen MR) is 55.1 cm³/mol. The molecule has 0 saturated heterocycles. The molecule has 1 unspecified atom stereocenters. The molecule has 0 aromatic rings. The average Bonchev–Trinajstić information content (AvgIpc) is 2.16. The van der Waals surface area contributed by atoms with Crippen LogP contribution in [0.3, 0.4) is 0 Å². The molecule has 0 spiro atoms. The average molecular weight is 189 g/mol. The summed E-state index contributed by atoms with van der Waals surface area (Å²) in [5.41, 5.74) is 0. The highest BCUT2D eigenvalue weighted by Crippen LogP contribution is 1.95. The highest BCUT2D eigenvalue weighted by Gasteiger charge is 2.04. The molecule has 0 bridgehead atoms. The Balaban J connectivity index is 3.17. The SMILES string of the molecule is CCCCCOCC(COC)NC. The van der Waals surface area contributed by atoms with Crippen LogP contribution >= 0.6 is 0 Å². The Bertz CT molecular complexity index is 98.9. The second kappa shape index (κ2) is 9.96. The fourth-order valence-electron chi connectivity index (χ4n) is 1.10. The minimum absolute atomic E-state index is 0.326. The Morgan fingerprint density at radius 1 is 1.23 bits per heavy atom. The molecule has 0 aliphatic carbocycles. The second-order valence-corrected chi connectivity index (χ2v) is 3.22. The van der Waals surface area contributed by atoms with Crippen LogP contribution in [0, 0.1) is 0 Å². The molecule has 1 N–H and O–H groups in total. The summed E-state index contributed by atoms with van der Waals surface area (Å²) in [6.45, 7) is 4.52. The Labute approximate surface area is 81.8 Å². The van der Waals surface area contributed by atoms with Gasteiger partial charge < -0.3 is 14.8 Å². The van der Waals surface area contributed by atoms with Gasteiger partial charge in [0.15, 0.2) is 0 Å². The van der Waals surface area contributed by atoms with Crippen LogP contribution in [0.2, 0.25) is 0 Å². The summed E-state index contributed by atoms with van der Waals surface area (Å²) < 4.78 is 10.5. The third-order valence-corrected chi connectivity index (χ3v) is 1.99. The maximum Gasteiger partial charge on any atom is 0.0642 e. The highest BCUT2D eigenvalue weighted by atomic mass is 16.5. The third-order valence-electron chi connectivity index (χ3n) is 1.99. The van der Waals surface area contributed by atoms with Crippen LogP contribution in [0.4, 0.5) is 0 Å². The number of hydrogen-bond acceptors (Lipinski definition) is 3. The van der Waals surface area contributed by atoms with Gasteiger partial charge in [0.1, 0.15) is 0 Å².